The van der Waals surface area contributed by atoms with E-state index in [0.717, 1.165) is 11.1 Å². The van der Waals surface area contributed by atoms with Crippen LogP contribution in [0.25, 0.3) is 0 Å². The molecule has 0 aromatic heterocycles. The molecule has 19 heavy (non-hydrogen) atoms. The van der Waals surface area contributed by atoms with Crippen LogP contribution in [0.2, 0.25) is 10.0 Å². The van der Waals surface area contributed by atoms with Crippen LogP contribution in [0.4, 0.5) is 4.39 Å². The van der Waals surface area contributed by atoms with Gasteiger partial charge in [0.1, 0.15) is 5.82 Å². The van der Waals surface area contributed by atoms with Gasteiger partial charge in [-0.2, -0.15) is 0 Å². The van der Waals surface area contributed by atoms with E-state index >= 15 is 0 Å². The van der Waals surface area contributed by atoms with Gasteiger partial charge in [-0.05, 0) is 42.3 Å². The number of nitrogens with two attached hydrogens (primary N) is 1. The highest BCUT2D eigenvalue weighted by Gasteiger charge is 2.15. The normalized spacial score (nSPS) is 12.4. The molecular formula is C15H14Cl2FN. The highest BCUT2D eigenvalue weighted by Crippen LogP contribution is 2.32. The molecule has 1 atom stereocenters. The van der Waals surface area contributed by atoms with Gasteiger partial charge in [-0.25, -0.2) is 4.39 Å². The lowest BCUT2D eigenvalue weighted by molar-refractivity contribution is 0.621. The zero-order valence-corrected chi connectivity index (χ0v) is 11.8. The summed E-state index contributed by atoms with van der Waals surface area (Å²) in [4.78, 5) is 0. The quantitative estimate of drug-likeness (QED) is 0.888. The highest BCUT2D eigenvalue weighted by molar-refractivity contribution is 6.42. The molecule has 4 heteroatoms. The minimum Gasteiger partial charge on any atom is -0.330 e. The van der Waals surface area contributed by atoms with E-state index in [9.17, 15) is 4.39 Å². The molecule has 0 radical (unpaired) electrons. The molecule has 0 bridgehead atoms. The molecule has 1 unspecified atom stereocenters. The molecule has 100 valence electrons. The van der Waals surface area contributed by atoms with Gasteiger partial charge in [0.2, 0.25) is 0 Å². The van der Waals surface area contributed by atoms with Gasteiger partial charge >= 0.3 is 0 Å². The summed E-state index contributed by atoms with van der Waals surface area (Å²) >= 11 is 12.2. The number of benzene rings is 2. The SMILES string of the molecule is NCC(Cc1cccc(F)c1)c1cccc(Cl)c1Cl. The molecule has 0 saturated heterocycles. The lowest BCUT2D eigenvalue weighted by Crippen LogP contribution is -2.15. The lowest BCUT2D eigenvalue weighted by Gasteiger charge is -2.17. The predicted octanol–water partition coefficient (Wildman–Crippen LogP) is 4.42. The molecule has 2 aromatic rings. The molecule has 2 aromatic carbocycles. The van der Waals surface area contributed by atoms with Crippen LogP contribution in [0, 0.1) is 5.82 Å². The first-order valence-electron chi connectivity index (χ1n) is 6.00. The van der Waals surface area contributed by atoms with Crippen molar-refractivity contribution in [1.29, 1.82) is 0 Å². The minimum absolute atomic E-state index is 0.0213. The first-order valence-corrected chi connectivity index (χ1v) is 6.76. The molecule has 0 amide bonds. The zero-order chi connectivity index (χ0) is 13.8. The van der Waals surface area contributed by atoms with Gasteiger partial charge in [-0.3, -0.25) is 0 Å². The highest BCUT2D eigenvalue weighted by atomic mass is 35.5. The van der Waals surface area contributed by atoms with E-state index < -0.39 is 0 Å². The Morgan fingerprint density at radius 1 is 1.11 bits per heavy atom. The van der Waals surface area contributed by atoms with Gasteiger partial charge in [-0.1, -0.05) is 47.5 Å². The summed E-state index contributed by atoms with van der Waals surface area (Å²) in [6.45, 7) is 0.427. The third kappa shape index (κ3) is 3.47. The standard InChI is InChI=1S/C15H14Cl2FN/c16-14-6-2-5-13(15(14)17)11(9-19)7-10-3-1-4-12(18)8-10/h1-6,8,11H,7,9,19H2. The molecule has 0 heterocycles. The first-order chi connectivity index (χ1) is 9.11. The molecule has 2 N–H and O–H groups in total. The van der Waals surface area contributed by atoms with E-state index in [4.69, 9.17) is 28.9 Å². The molecule has 0 aliphatic carbocycles. The molecule has 0 aliphatic heterocycles. The fourth-order valence-electron chi connectivity index (χ4n) is 2.10. The van der Waals surface area contributed by atoms with E-state index in [0.29, 0.717) is 23.0 Å². The van der Waals surface area contributed by atoms with Crippen molar-refractivity contribution in [3.8, 4) is 0 Å². The van der Waals surface area contributed by atoms with Gasteiger partial charge < -0.3 is 5.73 Å². The maximum Gasteiger partial charge on any atom is 0.123 e. The van der Waals surface area contributed by atoms with Crippen molar-refractivity contribution in [1.82, 2.24) is 0 Å². The van der Waals surface area contributed by atoms with Crippen molar-refractivity contribution < 1.29 is 4.39 Å². The van der Waals surface area contributed by atoms with Crippen molar-refractivity contribution >= 4 is 23.2 Å². The monoisotopic (exact) mass is 297 g/mol. The Kier molecular flexibility index (Phi) is 4.81. The van der Waals surface area contributed by atoms with Crippen molar-refractivity contribution in [3.63, 3.8) is 0 Å². The van der Waals surface area contributed by atoms with Crippen LogP contribution in [0.15, 0.2) is 42.5 Å². The number of hydrogen-bond donors (Lipinski definition) is 1. The van der Waals surface area contributed by atoms with Crippen LogP contribution in [0.5, 0.6) is 0 Å². The third-order valence-corrected chi connectivity index (χ3v) is 3.91. The Balaban J connectivity index is 2.28. The van der Waals surface area contributed by atoms with Gasteiger partial charge in [-0.15, -0.1) is 0 Å². The van der Waals surface area contributed by atoms with Crippen LogP contribution < -0.4 is 5.73 Å². The zero-order valence-electron chi connectivity index (χ0n) is 10.2. The molecule has 0 spiro atoms. The van der Waals surface area contributed by atoms with Gasteiger partial charge in [0.15, 0.2) is 0 Å². The summed E-state index contributed by atoms with van der Waals surface area (Å²) in [6.07, 6.45) is 0.633. The molecule has 0 aliphatic rings. The third-order valence-electron chi connectivity index (χ3n) is 3.08. The average molecular weight is 298 g/mol. The second kappa shape index (κ2) is 6.38. The summed E-state index contributed by atoms with van der Waals surface area (Å²) in [7, 11) is 0. The van der Waals surface area contributed by atoms with Crippen molar-refractivity contribution in [2.75, 3.05) is 6.54 Å². The Labute approximate surface area is 122 Å². The maximum atomic E-state index is 13.2. The fraction of sp³-hybridized carbons (Fsp3) is 0.200. The second-order valence-corrected chi connectivity index (χ2v) is 5.19. The molecule has 1 nitrogen and oxygen atoms in total. The Bertz CT molecular complexity index is 572. The topological polar surface area (TPSA) is 26.0 Å². The van der Waals surface area contributed by atoms with Gasteiger partial charge in [0.25, 0.3) is 0 Å². The smallest absolute Gasteiger partial charge is 0.123 e. The van der Waals surface area contributed by atoms with E-state index in [-0.39, 0.29) is 11.7 Å². The summed E-state index contributed by atoms with van der Waals surface area (Å²) in [5.74, 6) is -0.224. The summed E-state index contributed by atoms with van der Waals surface area (Å²) in [6, 6.07) is 12.0. The fourth-order valence-corrected chi connectivity index (χ4v) is 2.57. The van der Waals surface area contributed by atoms with Crippen LogP contribution in [0.1, 0.15) is 17.0 Å². The van der Waals surface area contributed by atoms with Crippen LogP contribution >= 0.6 is 23.2 Å². The second-order valence-electron chi connectivity index (χ2n) is 4.41. The largest absolute Gasteiger partial charge is 0.330 e. The van der Waals surface area contributed by atoms with Gasteiger partial charge in [0, 0.05) is 5.92 Å². The molecular weight excluding hydrogens is 284 g/mol. The molecule has 0 fully saturated rings. The number of halogens is 3. The summed E-state index contributed by atoms with van der Waals surface area (Å²) in [5, 5.41) is 1.04. The number of rotatable bonds is 4. The first kappa shape index (κ1) is 14.3. The Morgan fingerprint density at radius 3 is 2.53 bits per heavy atom. The van der Waals surface area contributed by atoms with E-state index in [1.807, 2.05) is 18.2 Å². The minimum atomic E-state index is -0.245. The van der Waals surface area contributed by atoms with E-state index in [1.165, 1.54) is 12.1 Å². The lowest BCUT2D eigenvalue weighted by atomic mass is 9.92. The molecule has 2 rings (SSSR count). The van der Waals surface area contributed by atoms with Crippen LogP contribution in [-0.2, 0) is 6.42 Å². The number of hydrogen-bond acceptors (Lipinski definition) is 1. The Hall–Kier alpha value is -1.09. The predicted molar refractivity (Wildman–Crippen MR) is 78.4 cm³/mol. The van der Waals surface area contributed by atoms with Crippen molar-refractivity contribution in [2.45, 2.75) is 12.3 Å². The summed E-state index contributed by atoms with van der Waals surface area (Å²) in [5.41, 5.74) is 7.61. The Morgan fingerprint density at radius 2 is 1.84 bits per heavy atom. The van der Waals surface area contributed by atoms with Gasteiger partial charge in [0.05, 0.1) is 10.0 Å². The van der Waals surface area contributed by atoms with Crippen molar-refractivity contribution in [2.24, 2.45) is 5.73 Å². The van der Waals surface area contributed by atoms with Crippen LogP contribution in [-0.4, -0.2) is 6.54 Å². The summed E-state index contributed by atoms with van der Waals surface area (Å²) < 4.78 is 13.2. The molecule has 0 saturated carbocycles. The van der Waals surface area contributed by atoms with E-state index in [2.05, 4.69) is 0 Å². The van der Waals surface area contributed by atoms with Crippen molar-refractivity contribution in [3.05, 3.63) is 69.5 Å². The average Bonchev–Trinajstić information content (AvgIpc) is 2.40. The maximum absolute atomic E-state index is 13.2. The van der Waals surface area contributed by atoms with Crippen LogP contribution in [0.3, 0.4) is 0 Å². The van der Waals surface area contributed by atoms with E-state index in [1.54, 1.807) is 12.1 Å².